The maximum atomic E-state index is 12.0. The first-order chi connectivity index (χ1) is 16.0. The van der Waals surface area contributed by atoms with Crippen LogP contribution in [0.3, 0.4) is 0 Å². The van der Waals surface area contributed by atoms with E-state index in [9.17, 15) is 4.79 Å². The molecular formula is C21H20Cl2N8O2. The summed E-state index contributed by atoms with van der Waals surface area (Å²) in [7, 11) is 0. The van der Waals surface area contributed by atoms with Gasteiger partial charge >= 0.3 is 0 Å². The highest BCUT2D eigenvalue weighted by Gasteiger charge is 2.16. The molecule has 0 unspecified atom stereocenters. The van der Waals surface area contributed by atoms with Gasteiger partial charge in [-0.25, -0.2) is 4.63 Å². The van der Waals surface area contributed by atoms with Crippen LogP contribution in [0.4, 0.5) is 5.82 Å². The maximum Gasteiger partial charge on any atom is 0.277 e. The number of hydrogen-bond donors (Lipinski definition) is 3. The van der Waals surface area contributed by atoms with Crippen LogP contribution in [-0.4, -0.2) is 44.3 Å². The SMILES string of the molecule is Nc1nonc1C(=O)NCCNCc1nn(Cc2ccc(Cl)cc2Cl)nc1-c1ccccc1. The lowest BCUT2D eigenvalue weighted by molar-refractivity contribution is 0.0944. The fraction of sp³-hybridized carbons (Fsp3) is 0.190. The standard InChI is InChI=1S/C21H20Cl2N8O2/c22-15-7-6-14(16(23)10-15)12-31-27-17(18(28-31)13-4-2-1-3-5-13)11-25-8-9-26-21(32)19-20(24)30-33-29-19/h1-7,10,25H,8-9,11-12H2,(H2,24,30)(H,26,32). The van der Waals surface area contributed by atoms with Crippen molar-refractivity contribution in [3.05, 3.63) is 75.5 Å². The number of anilines is 1. The van der Waals surface area contributed by atoms with E-state index in [0.29, 0.717) is 36.2 Å². The van der Waals surface area contributed by atoms with Gasteiger partial charge in [0.25, 0.3) is 5.91 Å². The van der Waals surface area contributed by atoms with Gasteiger partial charge in [-0.3, -0.25) is 4.79 Å². The van der Waals surface area contributed by atoms with Crippen molar-refractivity contribution < 1.29 is 9.42 Å². The van der Waals surface area contributed by atoms with Crippen LogP contribution in [0.5, 0.6) is 0 Å². The number of benzene rings is 2. The Kier molecular flexibility index (Phi) is 7.18. The average molecular weight is 487 g/mol. The molecule has 1 amide bonds. The van der Waals surface area contributed by atoms with Crippen LogP contribution in [0.1, 0.15) is 21.7 Å². The van der Waals surface area contributed by atoms with Crippen LogP contribution in [0.2, 0.25) is 10.0 Å². The number of nitrogens with zero attached hydrogens (tertiary/aromatic N) is 5. The molecular weight excluding hydrogens is 467 g/mol. The molecule has 170 valence electrons. The Bertz CT molecular complexity index is 1240. The molecule has 2 aromatic carbocycles. The lowest BCUT2D eigenvalue weighted by Gasteiger charge is -2.05. The lowest BCUT2D eigenvalue weighted by atomic mass is 10.1. The monoisotopic (exact) mass is 486 g/mol. The Morgan fingerprint density at radius 3 is 2.61 bits per heavy atom. The average Bonchev–Trinajstić information content (AvgIpc) is 3.42. The molecule has 0 saturated carbocycles. The first-order valence-corrected chi connectivity index (χ1v) is 10.8. The normalized spacial score (nSPS) is 11.0. The number of amides is 1. The predicted molar refractivity (Wildman–Crippen MR) is 124 cm³/mol. The van der Waals surface area contributed by atoms with E-state index in [2.05, 4.69) is 35.8 Å². The molecule has 0 saturated heterocycles. The van der Waals surface area contributed by atoms with E-state index in [1.54, 1.807) is 16.9 Å². The number of carbonyl (C=O) groups is 1. The maximum absolute atomic E-state index is 12.0. The van der Waals surface area contributed by atoms with Gasteiger partial charge in [-0.15, -0.1) is 0 Å². The second-order valence-electron chi connectivity index (χ2n) is 7.06. The van der Waals surface area contributed by atoms with Crippen molar-refractivity contribution in [2.24, 2.45) is 0 Å². The van der Waals surface area contributed by atoms with Crippen molar-refractivity contribution >= 4 is 34.9 Å². The Morgan fingerprint density at radius 2 is 1.88 bits per heavy atom. The van der Waals surface area contributed by atoms with E-state index in [-0.39, 0.29) is 11.5 Å². The van der Waals surface area contributed by atoms with Gasteiger partial charge in [-0.1, -0.05) is 59.6 Å². The third-order valence-electron chi connectivity index (χ3n) is 4.71. The Morgan fingerprint density at radius 1 is 1.06 bits per heavy atom. The van der Waals surface area contributed by atoms with Gasteiger partial charge in [0.2, 0.25) is 11.5 Å². The fourth-order valence-electron chi connectivity index (χ4n) is 3.10. The molecule has 0 bridgehead atoms. The van der Waals surface area contributed by atoms with E-state index in [1.807, 2.05) is 36.4 Å². The Balaban J connectivity index is 1.41. The minimum Gasteiger partial charge on any atom is -0.379 e. The first kappa shape index (κ1) is 22.7. The minimum absolute atomic E-state index is 0.0369. The highest BCUT2D eigenvalue weighted by atomic mass is 35.5. The number of carbonyl (C=O) groups excluding carboxylic acids is 1. The molecule has 0 aliphatic carbocycles. The topological polar surface area (TPSA) is 137 Å². The molecule has 33 heavy (non-hydrogen) atoms. The highest BCUT2D eigenvalue weighted by Crippen LogP contribution is 2.23. The summed E-state index contributed by atoms with van der Waals surface area (Å²) in [6, 6.07) is 15.1. The summed E-state index contributed by atoms with van der Waals surface area (Å²) in [4.78, 5) is 13.6. The second-order valence-corrected chi connectivity index (χ2v) is 7.90. The van der Waals surface area contributed by atoms with Crippen LogP contribution in [0.25, 0.3) is 11.3 Å². The summed E-state index contributed by atoms with van der Waals surface area (Å²) in [5, 5.41) is 23.3. The van der Waals surface area contributed by atoms with Crippen molar-refractivity contribution in [1.82, 2.24) is 35.9 Å². The van der Waals surface area contributed by atoms with Gasteiger partial charge in [0.15, 0.2) is 0 Å². The molecule has 2 heterocycles. The van der Waals surface area contributed by atoms with Crippen molar-refractivity contribution in [3.63, 3.8) is 0 Å². The van der Waals surface area contributed by atoms with Crippen LogP contribution in [0, 0.1) is 0 Å². The molecule has 0 aliphatic rings. The number of nitrogens with two attached hydrogens (primary N) is 1. The molecule has 4 N–H and O–H groups in total. The van der Waals surface area contributed by atoms with Crippen LogP contribution in [0.15, 0.2) is 53.2 Å². The number of hydrogen-bond acceptors (Lipinski definition) is 8. The molecule has 12 heteroatoms. The number of halogens is 2. The fourth-order valence-corrected chi connectivity index (χ4v) is 3.57. The highest BCUT2D eigenvalue weighted by molar-refractivity contribution is 6.35. The van der Waals surface area contributed by atoms with Crippen molar-refractivity contribution in [1.29, 1.82) is 0 Å². The number of rotatable bonds is 9. The smallest absolute Gasteiger partial charge is 0.277 e. The third kappa shape index (κ3) is 5.67. The van der Waals surface area contributed by atoms with Crippen molar-refractivity contribution in [2.45, 2.75) is 13.1 Å². The van der Waals surface area contributed by atoms with E-state index < -0.39 is 5.91 Å². The third-order valence-corrected chi connectivity index (χ3v) is 5.29. The molecule has 0 aliphatic heterocycles. The molecule has 0 atom stereocenters. The van der Waals surface area contributed by atoms with E-state index >= 15 is 0 Å². The zero-order valence-electron chi connectivity index (χ0n) is 17.3. The molecule has 0 radical (unpaired) electrons. The quantitative estimate of drug-likeness (QED) is 0.307. The van der Waals surface area contributed by atoms with Crippen LogP contribution >= 0.6 is 23.2 Å². The van der Waals surface area contributed by atoms with Crippen molar-refractivity contribution in [2.75, 3.05) is 18.8 Å². The Labute approximate surface area is 199 Å². The summed E-state index contributed by atoms with van der Waals surface area (Å²) in [5.41, 5.74) is 8.82. The summed E-state index contributed by atoms with van der Waals surface area (Å²) in [5.74, 6) is -0.503. The molecule has 10 nitrogen and oxygen atoms in total. The molecule has 0 fully saturated rings. The zero-order valence-corrected chi connectivity index (χ0v) is 18.8. The number of nitrogen functional groups attached to an aromatic ring is 1. The van der Waals surface area contributed by atoms with Gasteiger partial charge in [0, 0.05) is 35.2 Å². The largest absolute Gasteiger partial charge is 0.379 e. The zero-order chi connectivity index (χ0) is 23.2. The number of nitrogens with one attached hydrogen (secondary N) is 2. The molecule has 4 aromatic rings. The minimum atomic E-state index is -0.452. The van der Waals surface area contributed by atoms with Gasteiger partial charge in [-0.2, -0.15) is 15.0 Å². The molecule has 0 spiro atoms. The van der Waals surface area contributed by atoms with Gasteiger partial charge in [-0.05, 0) is 28.0 Å². The predicted octanol–water partition coefficient (Wildman–Crippen LogP) is 2.79. The van der Waals surface area contributed by atoms with Crippen LogP contribution in [-0.2, 0) is 13.1 Å². The lowest BCUT2D eigenvalue weighted by Crippen LogP contribution is -2.32. The van der Waals surface area contributed by atoms with Crippen LogP contribution < -0.4 is 16.4 Å². The molecule has 4 rings (SSSR count). The van der Waals surface area contributed by atoms with Gasteiger partial charge < -0.3 is 16.4 Å². The van der Waals surface area contributed by atoms with E-state index in [0.717, 1.165) is 22.5 Å². The second kappa shape index (κ2) is 10.4. The van der Waals surface area contributed by atoms with E-state index in [1.165, 1.54) is 0 Å². The Hall–Kier alpha value is -3.47. The summed E-state index contributed by atoms with van der Waals surface area (Å²) in [6.45, 7) is 1.68. The first-order valence-electron chi connectivity index (χ1n) is 10.0. The summed E-state index contributed by atoms with van der Waals surface area (Å²) in [6.07, 6.45) is 0. The number of aromatic nitrogens is 5. The van der Waals surface area contributed by atoms with E-state index in [4.69, 9.17) is 28.9 Å². The van der Waals surface area contributed by atoms with Gasteiger partial charge in [0.05, 0.1) is 6.54 Å². The molecule has 2 aromatic heterocycles. The van der Waals surface area contributed by atoms with Gasteiger partial charge in [0.1, 0.15) is 11.4 Å². The summed E-state index contributed by atoms with van der Waals surface area (Å²) < 4.78 is 4.43. The van der Waals surface area contributed by atoms with Crippen molar-refractivity contribution in [3.8, 4) is 11.3 Å². The summed E-state index contributed by atoms with van der Waals surface area (Å²) >= 11 is 12.3.